The summed E-state index contributed by atoms with van der Waals surface area (Å²) in [4.78, 5) is 15.1. The van der Waals surface area contributed by atoms with Gasteiger partial charge in [0.15, 0.2) is 14.6 Å². The fourth-order valence-corrected chi connectivity index (χ4v) is 11.2. The first-order valence-electron chi connectivity index (χ1n) is 31.7. The van der Waals surface area contributed by atoms with E-state index in [0.717, 1.165) is 66.1 Å². The lowest BCUT2D eigenvalue weighted by Gasteiger charge is -2.34. The summed E-state index contributed by atoms with van der Waals surface area (Å²) in [6.07, 6.45) is 23.8. The summed E-state index contributed by atoms with van der Waals surface area (Å²) in [5.74, 6) is 4.65. The van der Waals surface area contributed by atoms with Gasteiger partial charge in [0.2, 0.25) is 11.8 Å². The first-order chi connectivity index (χ1) is 42.9. The number of hydrogen-bond donors (Lipinski definition) is 2. The molecule has 2 N–H and O–H groups in total. The summed E-state index contributed by atoms with van der Waals surface area (Å²) in [5.41, 5.74) is 13.2. The highest BCUT2D eigenvalue weighted by molar-refractivity contribution is 6.67. The summed E-state index contributed by atoms with van der Waals surface area (Å²) in [7, 11) is 4.28. The Kier molecular flexibility index (Phi) is 12.3. The maximum Gasteiger partial charge on any atom is 0.221 e. The molecule has 6 aromatic carbocycles. The molecule has 9 aromatic rings. The van der Waals surface area contributed by atoms with Crippen LogP contribution in [-0.2, 0) is 23.2 Å². The van der Waals surface area contributed by atoms with E-state index in [1.807, 2.05) is 67.3 Å². The molecule has 0 saturated carbocycles. The first-order valence-corrected chi connectivity index (χ1v) is 28.2. The van der Waals surface area contributed by atoms with Crippen LogP contribution in [0.2, 0.25) is 0 Å². The highest BCUT2D eigenvalue weighted by atomic mass is 16.5. The Bertz CT molecular complexity index is 4510. The molecule has 410 valence electrons. The standard InChI is InChI=1S/C72H70B2N8O/c1-70(2,3)48-42-55(71(4,5)6)67(56(43-48)72(7,8)9)60-44-49(45-66(77-60)83-50-34-35-52-51-24-11-13-30-61(51)82(65(52)46-50)69-78-59-29-12-14-31-62(59)79(69)10)80-47-81(64-33-16-15-32-63(64)80)68-53(57-27-22-40-75-38-19-17-36-73-57)25-21-26-54(68)58-28-23-41-76-39-20-18-37-74-58/h11-46,75-76H,47H2,1-10H3/b36-17-,37-18-,38-19-,39-20-,40-22-,41-23-,57-27-,58-28-/i10D3,11D,13D,24D,30D. The van der Waals surface area contributed by atoms with Gasteiger partial charge in [-0.2, -0.15) is 0 Å². The second kappa shape index (κ2) is 21.9. The van der Waals surface area contributed by atoms with E-state index in [2.05, 4.69) is 182 Å². The lowest BCUT2D eigenvalue weighted by molar-refractivity contribution is 0.464. The zero-order chi connectivity index (χ0) is 63.6. The molecule has 6 heterocycles. The monoisotopic (exact) mass is 1090 g/mol. The lowest BCUT2D eigenvalue weighted by Crippen LogP contribution is -2.26. The number of anilines is 4. The van der Waals surface area contributed by atoms with Crippen molar-refractivity contribution in [3.63, 3.8) is 0 Å². The number of nitrogens with one attached hydrogen (secondary N) is 2. The number of aryl methyl sites for hydroxylation is 1. The quantitative estimate of drug-likeness (QED) is 0.147. The number of para-hydroxylation sites is 6. The van der Waals surface area contributed by atoms with Crippen molar-refractivity contribution in [2.24, 2.45) is 6.98 Å². The van der Waals surface area contributed by atoms with Crippen LogP contribution < -0.4 is 25.2 Å². The Morgan fingerprint density at radius 3 is 1.86 bits per heavy atom. The number of nitrogens with zero attached hydrogens (tertiary/aromatic N) is 6. The molecule has 0 aliphatic carbocycles. The van der Waals surface area contributed by atoms with E-state index in [1.165, 1.54) is 10.1 Å². The molecule has 0 amide bonds. The van der Waals surface area contributed by atoms with Gasteiger partial charge in [-0.1, -0.05) is 170 Å². The molecule has 0 bridgehead atoms. The molecule has 0 unspecified atom stereocenters. The van der Waals surface area contributed by atoms with Crippen LogP contribution in [0, 0.1) is 0 Å². The van der Waals surface area contributed by atoms with Crippen molar-refractivity contribution in [3.05, 3.63) is 247 Å². The van der Waals surface area contributed by atoms with Crippen molar-refractivity contribution in [2.45, 2.75) is 78.6 Å². The highest BCUT2D eigenvalue weighted by Gasteiger charge is 2.35. The number of aromatic nitrogens is 4. The Morgan fingerprint density at radius 1 is 0.578 bits per heavy atom. The van der Waals surface area contributed by atoms with E-state index in [1.54, 1.807) is 42.5 Å². The highest BCUT2D eigenvalue weighted by Crippen LogP contribution is 2.51. The summed E-state index contributed by atoms with van der Waals surface area (Å²) in [6, 6.07) is 34.5. The summed E-state index contributed by atoms with van der Waals surface area (Å²) in [5, 5.41) is 7.14. The molecule has 83 heavy (non-hydrogen) atoms. The van der Waals surface area contributed by atoms with Gasteiger partial charge in [-0.3, -0.25) is 4.57 Å². The normalized spacial score (nSPS) is 19.7. The van der Waals surface area contributed by atoms with Crippen LogP contribution in [0.5, 0.6) is 11.6 Å². The average Bonchev–Trinajstić information content (AvgIpc) is 1.51. The van der Waals surface area contributed by atoms with Crippen LogP contribution in [0.3, 0.4) is 0 Å². The lowest BCUT2D eigenvalue weighted by atomic mass is 9.63. The number of ether oxygens (including phenoxy) is 1. The number of imidazole rings is 1. The van der Waals surface area contributed by atoms with Crippen LogP contribution in [0.25, 0.3) is 61.0 Å². The topological polar surface area (TPSA) is 75.4 Å². The zero-order valence-electron chi connectivity index (χ0n) is 55.4. The van der Waals surface area contributed by atoms with Crippen LogP contribution >= 0.6 is 0 Å². The number of fused-ring (bicyclic) bond motifs is 5. The maximum absolute atomic E-state index is 9.37. The van der Waals surface area contributed by atoms with Crippen molar-refractivity contribution >= 4 is 81.1 Å². The van der Waals surface area contributed by atoms with Crippen molar-refractivity contribution in [1.82, 2.24) is 29.7 Å². The number of rotatable bonds is 8. The van der Waals surface area contributed by atoms with Gasteiger partial charge in [0, 0.05) is 64.4 Å². The predicted octanol–water partition coefficient (Wildman–Crippen LogP) is 17.0. The van der Waals surface area contributed by atoms with Gasteiger partial charge in [-0.25, -0.2) is 9.97 Å². The Hall–Kier alpha value is -9.21. The van der Waals surface area contributed by atoms with E-state index in [9.17, 15) is 2.74 Å². The van der Waals surface area contributed by atoms with E-state index in [4.69, 9.17) is 21.6 Å². The van der Waals surface area contributed by atoms with Gasteiger partial charge < -0.3 is 29.7 Å². The van der Waals surface area contributed by atoms with Gasteiger partial charge in [0.05, 0.1) is 56.0 Å². The molecule has 0 spiro atoms. The molecule has 3 aliphatic rings. The van der Waals surface area contributed by atoms with Crippen LogP contribution in [-0.4, -0.2) is 40.3 Å². The van der Waals surface area contributed by atoms with Crippen LogP contribution in [0.15, 0.2) is 219 Å². The number of hydrogen-bond acceptors (Lipinski definition) is 7. The molecule has 0 saturated heterocycles. The molecule has 0 fully saturated rings. The van der Waals surface area contributed by atoms with Crippen LogP contribution in [0.4, 0.5) is 22.7 Å². The minimum absolute atomic E-state index is 0.0422. The SMILES string of the molecule is [2H]c1c([2H])c([2H])c2c(c1[2H])c1ccc(Oc3cc(N4CN(c5c(/C6=C/C=C\N/C=C\C=C/[B]6)cccc5/C5=C/C=C\N/C=C\C=C/[B]5)c5ccccc54)cc(-c4c(C(C)(C)C)cc(C(C)(C)C)cc4C(C)(C)C)n3)cc1n2-c1nc2ccccc2n1C([2H])([2H])[2H]. The molecule has 3 aromatic heterocycles. The van der Waals surface area contributed by atoms with E-state index < -0.39 is 19.1 Å². The second-order valence-electron chi connectivity index (χ2n) is 24.1. The van der Waals surface area contributed by atoms with Gasteiger partial charge in [0.1, 0.15) is 12.4 Å². The van der Waals surface area contributed by atoms with Gasteiger partial charge in [-0.05, 0) is 117 Å². The Labute approximate surface area is 500 Å². The average molecular weight is 1090 g/mol. The summed E-state index contributed by atoms with van der Waals surface area (Å²) >= 11 is 0. The minimum Gasteiger partial charge on any atom is -0.439 e. The second-order valence-corrected chi connectivity index (χ2v) is 24.1. The third kappa shape index (κ3) is 10.7. The largest absolute Gasteiger partial charge is 0.439 e. The van der Waals surface area contributed by atoms with Gasteiger partial charge >= 0.3 is 0 Å². The van der Waals surface area contributed by atoms with E-state index in [0.29, 0.717) is 40.0 Å². The molecular formula is C72H70B2N8O. The van der Waals surface area contributed by atoms with E-state index >= 15 is 0 Å². The summed E-state index contributed by atoms with van der Waals surface area (Å²) in [6.45, 7) is 17.9. The number of benzene rings is 6. The molecule has 0 atom stereocenters. The zero-order valence-corrected chi connectivity index (χ0v) is 48.4. The van der Waals surface area contributed by atoms with Gasteiger partial charge in [-0.15, -0.1) is 12.0 Å². The molecule has 3 aliphatic heterocycles. The fraction of sp³-hybridized carbons (Fsp3) is 0.194. The summed E-state index contributed by atoms with van der Waals surface area (Å²) < 4.78 is 72.7. The number of pyridine rings is 1. The van der Waals surface area contributed by atoms with Crippen molar-refractivity contribution in [1.29, 1.82) is 0 Å². The molecular weight excluding hydrogens is 1010 g/mol. The first kappa shape index (κ1) is 46.4. The predicted molar refractivity (Wildman–Crippen MR) is 352 cm³/mol. The Morgan fingerprint density at radius 2 is 1.20 bits per heavy atom. The van der Waals surface area contributed by atoms with Crippen LogP contribution in [0.1, 0.15) is 99.7 Å². The maximum atomic E-state index is 9.37. The van der Waals surface area contributed by atoms with Crippen molar-refractivity contribution in [3.8, 4) is 28.8 Å². The smallest absolute Gasteiger partial charge is 0.221 e. The molecule has 11 heteroatoms. The van der Waals surface area contributed by atoms with E-state index in [-0.39, 0.29) is 51.1 Å². The van der Waals surface area contributed by atoms with Crippen molar-refractivity contribution in [2.75, 3.05) is 16.5 Å². The number of allylic oxidation sites excluding steroid dienone is 8. The van der Waals surface area contributed by atoms with Crippen molar-refractivity contribution < 1.29 is 14.3 Å². The Balaban J connectivity index is 1.10. The van der Waals surface area contributed by atoms with Gasteiger partial charge in [0.25, 0.3) is 0 Å². The minimum atomic E-state index is -2.74. The molecule has 12 rings (SSSR count). The fourth-order valence-electron chi connectivity index (χ4n) is 11.2. The third-order valence-corrected chi connectivity index (χ3v) is 15.3. The molecule has 2 radical (unpaired) electrons. The third-order valence-electron chi connectivity index (χ3n) is 15.3. The molecule has 9 nitrogen and oxygen atoms in total.